The van der Waals surface area contributed by atoms with Crippen molar-refractivity contribution in [3.8, 4) is 5.75 Å². The molecule has 1 aromatic heterocycles. The predicted molar refractivity (Wildman–Crippen MR) is 78.2 cm³/mol. The van der Waals surface area contributed by atoms with Gasteiger partial charge in [0.15, 0.2) is 17.3 Å². The molecule has 0 saturated heterocycles. The number of Topliss-reactive ketones (excluding diaryl/α,β-unsaturated/α-hetero) is 1. The SMILES string of the molecule is CCC(C)n1ccc(CC(=O)c2ccc(OC)c(F)c2)n1. The lowest BCUT2D eigenvalue weighted by atomic mass is 10.1. The van der Waals surface area contributed by atoms with Crippen molar-refractivity contribution in [2.75, 3.05) is 7.11 Å². The molecule has 1 atom stereocenters. The fourth-order valence-corrected chi connectivity index (χ4v) is 2.01. The number of hydrogen-bond donors (Lipinski definition) is 0. The zero-order chi connectivity index (χ0) is 15.4. The summed E-state index contributed by atoms with van der Waals surface area (Å²) in [5.74, 6) is -0.563. The highest BCUT2D eigenvalue weighted by Gasteiger charge is 2.13. The Kier molecular flexibility index (Phi) is 4.73. The summed E-state index contributed by atoms with van der Waals surface area (Å²) in [6.45, 7) is 4.15. The third-order valence-corrected chi connectivity index (χ3v) is 3.52. The first-order chi connectivity index (χ1) is 10.0. The first-order valence-corrected chi connectivity index (χ1v) is 6.96. The number of rotatable bonds is 6. The number of carbonyl (C=O) groups is 1. The summed E-state index contributed by atoms with van der Waals surface area (Å²) in [5, 5.41) is 4.38. The molecule has 1 aromatic carbocycles. The molecule has 0 amide bonds. The second kappa shape index (κ2) is 6.52. The molecular weight excluding hydrogens is 271 g/mol. The number of ketones is 1. The lowest BCUT2D eigenvalue weighted by Gasteiger charge is -2.08. The van der Waals surface area contributed by atoms with E-state index in [1.807, 2.05) is 16.9 Å². The zero-order valence-electron chi connectivity index (χ0n) is 12.5. The molecule has 0 radical (unpaired) electrons. The topological polar surface area (TPSA) is 44.1 Å². The van der Waals surface area contributed by atoms with Crippen LogP contribution in [0.1, 0.15) is 42.4 Å². The maximum absolute atomic E-state index is 13.6. The second-order valence-corrected chi connectivity index (χ2v) is 4.99. The van der Waals surface area contributed by atoms with Crippen LogP contribution in [0.15, 0.2) is 30.5 Å². The van der Waals surface area contributed by atoms with Gasteiger partial charge in [0.2, 0.25) is 0 Å². The largest absolute Gasteiger partial charge is 0.494 e. The Bertz CT molecular complexity index is 637. The van der Waals surface area contributed by atoms with Gasteiger partial charge in [-0.1, -0.05) is 6.92 Å². The average Bonchev–Trinajstić information content (AvgIpc) is 2.94. The average molecular weight is 290 g/mol. The van der Waals surface area contributed by atoms with Crippen molar-refractivity contribution in [2.45, 2.75) is 32.7 Å². The van der Waals surface area contributed by atoms with Crippen LogP contribution in [-0.4, -0.2) is 22.7 Å². The summed E-state index contributed by atoms with van der Waals surface area (Å²) in [6.07, 6.45) is 3.00. The van der Waals surface area contributed by atoms with Crippen LogP contribution in [0.2, 0.25) is 0 Å². The van der Waals surface area contributed by atoms with Crippen LogP contribution in [0.5, 0.6) is 5.75 Å². The molecule has 0 aliphatic rings. The van der Waals surface area contributed by atoms with E-state index >= 15 is 0 Å². The summed E-state index contributed by atoms with van der Waals surface area (Å²) in [4.78, 5) is 12.2. The lowest BCUT2D eigenvalue weighted by molar-refractivity contribution is 0.0991. The molecule has 112 valence electrons. The highest BCUT2D eigenvalue weighted by atomic mass is 19.1. The number of ether oxygens (including phenoxy) is 1. The van der Waals surface area contributed by atoms with Gasteiger partial charge in [0, 0.05) is 17.8 Å². The highest BCUT2D eigenvalue weighted by Crippen LogP contribution is 2.19. The number of halogens is 1. The highest BCUT2D eigenvalue weighted by molar-refractivity contribution is 5.97. The molecule has 0 bridgehead atoms. The molecule has 0 N–H and O–H groups in total. The van der Waals surface area contributed by atoms with Gasteiger partial charge in [-0.05, 0) is 37.6 Å². The van der Waals surface area contributed by atoms with E-state index in [2.05, 4.69) is 18.9 Å². The van der Waals surface area contributed by atoms with E-state index in [4.69, 9.17) is 4.74 Å². The summed E-state index contributed by atoms with van der Waals surface area (Å²) >= 11 is 0. The molecule has 4 nitrogen and oxygen atoms in total. The van der Waals surface area contributed by atoms with Crippen LogP contribution in [0, 0.1) is 5.82 Å². The maximum Gasteiger partial charge on any atom is 0.168 e. The third kappa shape index (κ3) is 3.48. The van der Waals surface area contributed by atoms with Crippen molar-refractivity contribution in [3.63, 3.8) is 0 Å². The Hall–Kier alpha value is -2.17. The first-order valence-electron chi connectivity index (χ1n) is 6.96. The van der Waals surface area contributed by atoms with Crippen LogP contribution in [0.25, 0.3) is 0 Å². The molecule has 1 heterocycles. The molecule has 0 saturated carbocycles. The molecule has 0 aliphatic heterocycles. The van der Waals surface area contributed by atoms with Gasteiger partial charge >= 0.3 is 0 Å². The van der Waals surface area contributed by atoms with Crippen molar-refractivity contribution >= 4 is 5.78 Å². The van der Waals surface area contributed by atoms with Crippen molar-refractivity contribution in [3.05, 3.63) is 47.5 Å². The van der Waals surface area contributed by atoms with Crippen molar-refractivity contribution in [1.29, 1.82) is 0 Å². The lowest BCUT2D eigenvalue weighted by Crippen LogP contribution is -2.08. The molecule has 1 unspecified atom stereocenters. The van der Waals surface area contributed by atoms with Crippen LogP contribution in [0.3, 0.4) is 0 Å². The van der Waals surface area contributed by atoms with E-state index in [1.54, 1.807) is 6.07 Å². The van der Waals surface area contributed by atoms with Gasteiger partial charge in [0.25, 0.3) is 0 Å². The van der Waals surface area contributed by atoms with Gasteiger partial charge in [-0.2, -0.15) is 5.10 Å². The van der Waals surface area contributed by atoms with E-state index in [1.165, 1.54) is 19.2 Å². The van der Waals surface area contributed by atoms with Crippen LogP contribution in [-0.2, 0) is 6.42 Å². The molecule has 5 heteroatoms. The number of hydrogen-bond acceptors (Lipinski definition) is 3. The van der Waals surface area contributed by atoms with Crippen molar-refractivity contribution in [1.82, 2.24) is 9.78 Å². The molecule has 0 aliphatic carbocycles. The summed E-state index contributed by atoms with van der Waals surface area (Å²) in [7, 11) is 1.39. The fraction of sp³-hybridized carbons (Fsp3) is 0.375. The maximum atomic E-state index is 13.6. The van der Waals surface area contributed by atoms with Gasteiger partial charge in [-0.3, -0.25) is 9.48 Å². The Balaban J connectivity index is 2.11. The van der Waals surface area contributed by atoms with Crippen LogP contribution < -0.4 is 4.74 Å². The number of benzene rings is 1. The van der Waals surface area contributed by atoms with E-state index in [9.17, 15) is 9.18 Å². The van der Waals surface area contributed by atoms with E-state index in [0.717, 1.165) is 6.42 Å². The minimum Gasteiger partial charge on any atom is -0.494 e. The Morgan fingerprint density at radius 1 is 1.43 bits per heavy atom. The summed E-state index contributed by atoms with van der Waals surface area (Å²) in [6, 6.07) is 6.35. The summed E-state index contributed by atoms with van der Waals surface area (Å²) < 4.78 is 20.3. The third-order valence-electron chi connectivity index (χ3n) is 3.52. The monoisotopic (exact) mass is 290 g/mol. The predicted octanol–water partition coefficient (Wildman–Crippen LogP) is 3.43. The zero-order valence-corrected chi connectivity index (χ0v) is 12.5. The van der Waals surface area contributed by atoms with Crippen LogP contribution >= 0.6 is 0 Å². The summed E-state index contributed by atoms with van der Waals surface area (Å²) in [5.41, 5.74) is 1.02. The van der Waals surface area contributed by atoms with Gasteiger partial charge in [-0.15, -0.1) is 0 Å². The van der Waals surface area contributed by atoms with Gasteiger partial charge in [0.05, 0.1) is 19.2 Å². The van der Waals surface area contributed by atoms with E-state index < -0.39 is 5.82 Å². The number of carbonyl (C=O) groups excluding carboxylic acids is 1. The molecule has 2 rings (SSSR count). The second-order valence-electron chi connectivity index (χ2n) is 4.99. The first kappa shape index (κ1) is 15.2. The minimum absolute atomic E-state index is 0.132. The Labute approximate surface area is 123 Å². The number of methoxy groups -OCH3 is 1. The van der Waals surface area contributed by atoms with Crippen LogP contribution in [0.4, 0.5) is 4.39 Å². The molecule has 21 heavy (non-hydrogen) atoms. The molecule has 2 aromatic rings. The minimum atomic E-state index is -0.534. The Morgan fingerprint density at radius 2 is 2.19 bits per heavy atom. The Morgan fingerprint density at radius 3 is 2.81 bits per heavy atom. The molecule has 0 fully saturated rings. The number of aromatic nitrogens is 2. The van der Waals surface area contributed by atoms with Gasteiger partial charge in [0.1, 0.15) is 0 Å². The van der Waals surface area contributed by atoms with Crippen molar-refractivity contribution in [2.24, 2.45) is 0 Å². The smallest absolute Gasteiger partial charge is 0.168 e. The molecular formula is C16H19FN2O2. The van der Waals surface area contributed by atoms with Gasteiger partial charge in [-0.25, -0.2) is 4.39 Å². The van der Waals surface area contributed by atoms with E-state index in [0.29, 0.717) is 17.3 Å². The quantitative estimate of drug-likeness (QED) is 0.766. The van der Waals surface area contributed by atoms with E-state index in [-0.39, 0.29) is 18.0 Å². The number of nitrogens with zero attached hydrogens (tertiary/aromatic N) is 2. The normalized spacial score (nSPS) is 12.2. The van der Waals surface area contributed by atoms with Gasteiger partial charge < -0.3 is 4.74 Å². The standard InChI is InChI=1S/C16H19FN2O2/c1-4-11(2)19-8-7-13(18-19)10-15(20)12-5-6-16(21-3)14(17)9-12/h5-9,11H,4,10H2,1-3H3. The molecule has 0 spiro atoms. The van der Waals surface area contributed by atoms with Crippen molar-refractivity contribution < 1.29 is 13.9 Å². The fourth-order valence-electron chi connectivity index (χ4n) is 2.01.